The van der Waals surface area contributed by atoms with E-state index in [0.29, 0.717) is 72.2 Å². The minimum Gasteiger partial charge on any atom is -0.508 e. The molecule has 454 valence electrons. The number of phenols is 1. The van der Waals surface area contributed by atoms with Crippen LogP contribution in [0.15, 0.2) is 59.7 Å². The van der Waals surface area contributed by atoms with Crippen LogP contribution >= 0.6 is 23.5 Å². The number of nitrogens with zero attached hydrogens (tertiary/aromatic N) is 1. The van der Waals surface area contributed by atoms with Crippen molar-refractivity contribution in [2.75, 3.05) is 56.8 Å². The number of aromatic amines is 1. The first-order chi connectivity index (χ1) is 39.2. The Hall–Kier alpha value is -7.18. The van der Waals surface area contributed by atoms with Crippen LogP contribution < -0.4 is 71.2 Å². The van der Waals surface area contributed by atoms with Gasteiger partial charge in [-0.15, -0.1) is 0 Å². The molecule has 0 saturated carbocycles. The summed E-state index contributed by atoms with van der Waals surface area (Å²) in [5.74, 6) is -7.44. The number of hydrogen-bond donors (Lipinski definition) is 17. The highest BCUT2D eigenvalue weighted by Crippen LogP contribution is 2.20. The van der Waals surface area contributed by atoms with E-state index in [9.17, 15) is 58.5 Å². The number of aromatic hydroxyl groups is 1. The van der Waals surface area contributed by atoms with Gasteiger partial charge in [0, 0.05) is 36.5 Å². The number of unbranched alkanes of at least 4 members (excludes halogenated alkanes) is 2. The van der Waals surface area contributed by atoms with Gasteiger partial charge in [0.2, 0.25) is 47.3 Å². The topological polar surface area (TPSA) is 469 Å². The molecule has 1 aromatic heterocycles. The van der Waals surface area contributed by atoms with Crippen LogP contribution in [0.5, 0.6) is 5.75 Å². The fraction of sp³-hybridized carbons (Fsp3) is 0.547. The summed E-state index contributed by atoms with van der Waals surface area (Å²) in [4.78, 5) is 130. The van der Waals surface area contributed by atoms with Gasteiger partial charge in [-0.25, -0.2) is 4.79 Å². The van der Waals surface area contributed by atoms with Crippen molar-refractivity contribution in [3.05, 3.63) is 65.9 Å². The van der Waals surface area contributed by atoms with Gasteiger partial charge in [0.05, 0.1) is 19.2 Å². The Kier molecular flexibility index (Phi) is 31.8. The average Bonchev–Trinajstić information content (AvgIpc) is 4.08. The maximum Gasteiger partial charge on any atom is 0.326 e. The Morgan fingerprint density at radius 1 is 0.585 bits per heavy atom. The van der Waals surface area contributed by atoms with Crippen molar-refractivity contribution in [1.82, 2.24) is 47.5 Å². The Bertz CT molecular complexity index is 2570. The number of carbonyl (C=O) groups is 9. The summed E-state index contributed by atoms with van der Waals surface area (Å²) in [6.07, 6.45) is 7.52. The van der Waals surface area contributed by atoms with Crippen molar-refractivity contribution in [2.24, 2.45) is 33.7 Å². The normalized spacial score (nSPS) is 14.0. The quantitative estimate of drug-likeness (QED) is 0.0158. The third-order valence-electron chi connectivity index (χ3n) is 12.9. The van der Waals surface area contributed by atoms with Gasteiger partial charge in [-0.1, -0.05) is 36.8 Å². The molecule has 0 aliphatic rings. The van der Waals surface area contributed by atoms with Crippen molar-refractivity contribution in [1.29, 1.82) is 0 Å². The molecule has 0 radical (unpaired) electrons. The van der Waals surface area contributed by atoms with Gasteiger partial charge in [-0.2, -0.15) is 23.5 Å². The van der Waals surface area contributed by atoms with Crippen LogP contribution in [0.1, 0.15) is 75.3 Å². The van der Waals surface area contributed by atoms with Crippen molar-refractivity contribution in [3.63, 3.8) is 0 Å². The van der Waals surface area contributed by atoms with Crippen molar-refractivity contribution < 1.29 is 58.5 Å². The van der Waals surface area contributed by atoms with E-state index in [1.165, 1.54) is 47.8 Å². The lowest BCUT2D eigenvalue weighted by Crippen LogP contribution is -2.61. The number of aliphatic hydroxyl groups excluding tert-OH is 1. The molecule has 8 atom stereocenters. The number of carboxylic acids is 1. The first kappa shape index (κ1) is 69.1. The molecule has 2 aromatic carbocycles. The van der Waals surface area contributed by atoms with Gasteiger partial charge in [-0.05, 0) is 124 Å². The first-order valence-corrected chi connectivity index (χ1v) is 29.8. The number of guanidine groups is 1. The number of amides is 8. The van der Waals surface area contributed by atoms with Crippen molar-refractivity contribution in [3.8, 4) is 5.75 Å². The van der Waals surface area contributed by atoms with Crippen LogP contribution in [0.3, 0.4) is 0 Å². The molecule has 3 aromatic rings. The minimum atomic E-state index is -1.62. The number of phenolic OH excluding ortho intramolecular Hbond substituents is 1. The average molecular weight is 1190 g/mol. The molecule has 0 bridgehead atoms. The van der Waals surface area contributed by atoms with E-state index in [1.807, 2.05) is 0 Å². The molecule has 82 heavy (non-hydrogen) atoms. The molecule has 0 aliphatic carbocycles. The summed E-state index contributed by atoms with van der Waals surface area (Å²) in [5, 5.41) is 51.7. The molecule has 0 unspecified atom stereocenters. The highest BCUT2D eigenvalue weighted by molar-refractivity contribution is 7.98. The number of nitrogens with one attached hydrogen (secondary N) is 9. The lowest BCUT2D eigenvalue weighted by Gasteiger charge is -2.28. The Labute approximate surface area is 485 Å². The molecule has 22 N–H and O–H groups in total. The summed E-state index contributed by atoms with van der Waals surface area (Å²) in [5.41, 5.74) is 30.0. The van der Waals surface area contributed by atoms with Crippen molar-refractivity contribution in [2.45, 2.75) is 125 Å². The molecule has 8 amide bonds. The monoisotopic (exact) mass is 1190 g/mol. The second-order valence-electron chi connectivity index (χ2n) is 19.3. The summed E-state index contributed by atoms with van der Waals surface area (Å²) < 4.78 is 0. The summed E-state index contributed by atoms with van der Waals surface area (Å²) in [6.45, 7) is -0.764. The predicted molar refractivity (Wildman–Crippen MR) is 315 cm³/mol. The Morgan fingerprint density at radius 3 is 1.62 bits per heavy atom. The van der Waals surface area contributed by atoms with Crippen LogP contribution in [0.25, 0.3) is 10.9 Å². The number of para-hydroxylation sites is 1. The van der Waals surface area contributed by atoms with Gasteiger partial charge in [-0.3, -0.25) is 43.3 Å². The smallest absolute Gasteiger partial charge is 0.326 e. The number of fused-ring (bicyclic) bond motifs is 1. The number of thioether (sulfide) groups is 2. The van der Waals surface area contributed by atoms with Crippen LogP contribution in [-0.4, -0.2) is 185 Å². The van der Waals surface area contributed by atoms with Crippen LogP contribution in [0, 0.1) is 0 Å². The molecule has 3 rings (SSSR count). The highest BCUT2D eigenvalue weighted by atomic mass is 32.2. The first-order valence-electron chi connectivity index (χ1n) is 27.0. The molecule has 1 heterocycles. The Morgan fingerprint density at radius 2 is 1.07 bits per heavy atom. The number of H-pyrrole nitrogens is 1. The Balaban J connectivity index is 1.98. The molecule has 27 nitrogen and oxygen atoms in total. The number of carbonyl (C=O) groups excluding carboxylic acids is 8. The van der Waals surface area contributed by atoms with E-state index < -0.39 is 115 Å². The minimum absolute atomic E-state index is 0.0104. The highest BCUT2D eigenvalue weighted by Gasteiger charge is 2.35. The fourth-order valence-electron chi connectivity index (χ4n) is 8.35. The summed E-state index contributed by atoms with van der Waals surface area (Å²) in [7, 11) is 0. The number of aliphatic carboxylic acids is 1. The summed E-state index contributed by atoms with van der Waals surface area (Å²) >= 11 is 2.74. The van der Waals surface area contributed by atoms with Crippen LogP contribution in [0.2, 0.25) is 0 Å². The van der Waals surface area contributed by atoms with E-state index in [1.54, 1.807) is 43.0 Å². The lowest BCUT2D eigenvalue weighted by molar-refractivity contribution is -0.142. The number of rotatable bonds is 40. The third-order valence-corrected chi connectivity index (χ3v) is 14.2. The number of aromatic nitrogens is 1. The number of aliphatic hydroxyl groups is 1. The zero-order chi connectivity index (χ0) is 60.6. The molecular formula is C53H83N15O12S2. The van der Waals surface area contributed by atoms with E-state index in [2.05, 4.69) is 52.5 Å². The summed E-state index contributed by atoms with van der Waals surface area (Å²) in [6, 6.07) is 2.22. The van der Waals surface area contributed by atoms with Crippen LogP contribution in [0.4, 0.5) is 0 Å². The van der Waals surface area contributed by atoms with Gasteiger partial charge in [0.1, 0.15) is 48.0 Å². The SMILES string of the molecule is CSCC[C@H](NC(=O)[C@H](CCCCN)NC(=O)[C@H](CCCN=C(N)N)NC(=O)[C@H](CCSC)NC(=O)[C@H](Cc1ccc(O)cc1)NC(=O)[C@H](Cc1c[nH]c2ccccc12)NC(=O)[C@H](CO)NC(=O)CNC(=O)[C@@H](N)CCCCN)C(=O)O. The van der Waals surface area contributed by atoms with E-state index >= 15 is 0 Å². The molecule has 0 spiro atoms. The number of carboxylic acid groups (broad SMARTS) is 1. The van der Waals surface area contributed by atoms with Crippen molar-refractivity contribution >= 4 is 93.6 Å². The fourth-order valence-corrected chi connectivity index (χ4v) is 9.29. The second kappa shape index (κ2) is 37.8. The predicted octanol–water partition coefficient (Wildman–Crippen LogP) is -2.61. The maximum atomic E-state index is 14.7. The molecule has 29 heteroatoms. The number of aliphatic imine (C=N–C) groups is 1. The number of benzene rings is 2. The molecule has 0 fully saturated rings. The standard InChI is InChI=1S/C53H83N15O12S2/c1-81-24-19-39(48(75)64-38(14-9-23-59-53(57)58)46(73)63-37(13-6-8-22-55)47(74)66-40(52(79)80)20-25-82-2)65-49(76)41(26-31-15-17-33(70)18-16-31)67-50(77)42(27-32-28-60-36-12-4-3-10-34(32)36)68-51(78)43(30-69)62-44(71)29-61-45(72)35(56)11-5-7-21-54/h3-4,10,12,15-18,28,35,37-43,60,69-70H,5-9,11,13-14,19-27,29-30,54-56H2,1-2H3,(H,61,72)(H,62,71)(H,63,73)(H,64,75)(H,65,76)(H,66,74)(H,67,77)(H,68,78)(H,79,80)(H4,57,58,59)/t35-,37-,38-,39-,40-,41-,42-,43-/m0/s1. The van der Waals surface area contributed by atoms with E-state index in [0.717, 1.165) is 0 Å². The van der Waals surface area contributed by atoms with Gasteiger partial charge < -0.3 is 91.5 Å². The van der Waals surface area contributed by atoms with Crippen LogP contribution in [-0.2, 0) is 56.0 Å². The van der Waals surface area contributed by atoms with E-state index in [4.69, 9.17) is 28.7 Å². The zero-order valence-corrected chi connectivity index (χ0v) is 48.0. The lowest BCUT2D eigenvalue weighted by atomic mass is 10.0. The maximum absolute atomic E-state index is 14.7. The third kappa shape index (κ3) is 24.9. The largest absolute Gasteiger partial charge is 0.508 e. The second-order valence-corrected chi connectivity index (χ2v) is 21.3. The molecule has 0 saturated heterocycles. The van der Waals surface area contributed by atoms with Gasteiger partial charge in [0.25, 0.3) is 0 Å². The van der Waals surface area contributed by atoms with Gasteiger partial charge in [0.15, 0.2) is 5.96 Å². The van der Waals surface area contributed by atoms with Gasteiger partial charge >= 0.3 is 5.97 Å². The van der Waals surface area contributed by atoms with E-state index in [-0.39, 0.29) is 69.7 Å². The number of hydrogen-bond acceptors (Lipinski definition) is 17. The number of nitrogens with two attached hydrogens (primary N) is 5. The zero-order valence-electron chi connectivity index (χ0n) is 46.4. The molecular weight excluding hydrogens is 1100 g/mol. The molecule has 0 aliphatic heterocycles.